The van der Waals surface area contributed by atoms with E-state index in [0.717, 1.165) is 45.6 Å². The Morgan fingerprint density at radius 2 is 2.11 bits per heavy atom. The van der Waals surface area contributed by atoms with E-state index in [4.69, 9.17) is 15.5 Å². The molecule has 186 valence electrons. The van der Waals surface area contributed by atoms with Crippen LogP contribution in [-0.4, -0.2) is 32.1 Å². The maximum absolute atomic E-state index is 15.2. The van der Waals surface area contributed by atoms with Gasteiger partial charge in [-0.3, -0.25) is 4.79 Å². The van der Waals surface area contributed by atoms with Gasteiger partial charge in [0, 0.05) is 34.9 Å². The fourth-order valence-corrected chi connectivity index (χ4v) is 6.63. The average molecular weight is 508 g/mol. The van der Waals surface area contributed by atoms with Crippen molar-refractivity contribution in [2.75, 3.05) is 11.5 Å². The number of halogens is 1. The number of nitrogens with two attached hydrogens (primary N) is 1. The number of pyridine rings is 2. The van der Waals surface area contributed by atoms with Crippen LogP contribution in [0.3, 0.4) is 0 Å². The third kappa shape index (κ3) is 3.09. The number of aliphatic hydroxyl groups is 1. The molecule has 9 heteroatoms. The lowest BCUT2D eigenvalue weighted by molar-refractivity contribution is -0.172. The van der Waals surface area contributed by atoms with Crippen LogP contribution in [-0.2, 0) is 34.8 Å². The van der Waals surface area contributed by atoms with Gasteiger partial charge in [-0.2, -0.15) is 11.8 Å². The van der Waals surface area contributed by atoms with Crippen LogP contribution in [0.1, 0.15) is 53.1 Å². The summed E-state index contributed by atoms with van der Waals surface area (Å²) in [7, 11) is 0. The van der Waals surface area contributed by atoms with Gasteiger partial charge in [0.1, 0.15) is 12.4 Å². The Morgan fingerprint density at radius 3 is 2.81 bits per heavy atom. The van der Waals surface area contributed by atoms with E-state index in [1.165, 1.54) is 6.07 Å². The number of ether oxygens (including phenoxy) is 1. The van der Waals surface area contributed by atoms with E-state index >= 15 is 4.39 Å². The van der Waals surface area contributed by atoms with Gasteiger partial charge in [-0.25, -0.2) is 14.2 Å². The Balaban J connectivity index is 1.67. The molecule has 0 saturated heterocycles. The Labute approximate surface area is 211 Å². The molecule has 3 N–H and O–H groups in total. The number of hydrogen-bond acceptors (Lipinski definition) is 7. The molecule has 0 fully saturated rings. The fraction of sp³-hybridized carbons (Fsp3) is 0.370. The topological polar surface area (TPSA) is 107 Å². The predicted molar refractivity (Wildman–Crippen MR) is 137 cm³/mol. The first-order valence-corrected chi connectivity index (χ1v) is 13.2. The van der Waals surface area contributed by atoms with E-state index < -0.39 is 11.6 Å². The van der Waals surface area contributed by atoms with Gasteiger partial charge in [-0.15, -0.1) is 0 Å². The van der Waals surface area contributed by atoms with Crippen LogP contribution in [0.5, 0.6) is 0 Å². The second-order valence-electron chi connectivity index (χ2n) is 9.53. The molecule has 1 atom stereocenters. The number of carbonyl (C=O) groups excluding carboxylic acids is 1. The highest BCUT2D eigenvalue weighted by atomic mass is 32.2. The number of thioether (sulfide) groups is 1. The van der Waals surface area contributed by atoms with Crippen molar-refractivity contribution in [3.63, 3.8) is 0 Å². The highest BCUT2D eigenvalue weighted by molar-refractivity contribution is 7.99. The van der Waals surface area contributed by atoms with E-state index in [-0.39, 0.29) is 48.6 Å². The van der Waals surface area contributed by atoms with Gasteiger partial charge in [-0.05, 0) is 53.8 Å². The molecule has 3 aliphatic rings. The van der Waals surface area contributed by atoms with E-state index in [0.29, 0.717) is 22.5 Å². The van der Waals surface area contributed by atoms with Crippen LogP contribution in [0, 0.1) is 12.7 Å². The predicted octanol–water partition coefficient (Wildman–Crippen LogP) is 3.51. The number of carbonyl (C=O) groups is 1. The molecular formula is C27H26FN3O4S. The minimum Gasteiger partial charge on any atom is -0.458 e. The first-order chi connectivity index (χ1) is 17.3. The molecule has 6 rings (SSSR count). The van der Waals surface area contributed by atoms with Crippen molar-refractivity contribution < 1.29 is 19.0 Å². The first-order valence-electron chi connectivity index (χ1n) is 12.1. The van der Waals surface area contributed by atoms with Crippen LogP contribution in [0.2, 0.25) is 0 Å². The lowest BCUT2D eigenvalue weighted by atomic mass is 9.86. The lowest BCUT2D eigenvalue weighted by Crippen LogP contribution is -2.44. The van der Waals surface area contributed by atoms with Gasteiger partial charge in [0.2, 0.25) is 0 Å². The maximum Gasteiger partial charge on any atom is 0.343 e. The molecule has 5 heterocycles. The lowest BCUT2D eigenvalue weighted by Gasteiger charge is -2.31. The summed E-state index contributed by atoms with van der Waals surface area (Å²) < 4.78 is 21.9. The number of esters is 1. The second kappa shape index (κ2) is 8.26. The zero-order valence-corrected chi connectivity index (χ0v) is 20.9. The smallest absolute Gasteiger partial charge is 0.343 e. The van der Waals surface area contributed by atoms with Gasteiger partial charge in [-0.1, -0.05) is 13.0 Å². The Hall–Kier alpha value is -3.01. The Kier molecular flexibility index (Phi) is 5.37. The van der Waals surface area contributed by atoms with Gasteiger partial charge >= 0.3 is 5.97 Å². The third-order valence-corrected chi connectivity index (χ3v) is 8.67. The van der Waals surface area contributed by atoms with E-state index in [1.54, 1.807) is 24.5 Å². The molecule has 1 aromatic carbocycles. The number of nitrogens with zero attached hydrogens (tertiary/aromatic N) is 2. The minimum absolute atomic E-state index is 0.0645. The van der Waals surface area contributed by atoms with Crippen LogP contribution in [0.25, 0.3) is 27.9 Å². The standard InChI is InChI=1S/C27H26FN3O4S/c1-3-27(34)18-8-21-24-16(11-31(21)25(32)17(18)12-35-26(27)33)15(10-29)23-20(30-24)9-19(28)13(2)22(23)14-4-6-36-7-5-14/h4,8-9,34H,3,5-7,10-12,29H2,1-2H3/t27-/m0/s1. The maximum atomic E-state index is 15.2. The first kappa shape index (κ1) is 23.4. The summed E-state index contributed by atoms with van der Waals surface area (Å²) in [6.07, 6.45) is 3.05. The number of aromatic nitrogens is 2. The number of hydrogen-bond donors (Lipinski definition) is 2. The monoisotopic (exact) mass is 507 g/mol. The summed E-state index contributed by atoms with van der Waals surface area (Å²) in [5.41, 5.74) is 10.3. The largest absolute Gasteiger partial charge is 0.458 e. The van der Waals surface area contributed by atoms with Crippen molar-refractivity contribution in [1.82, 2.24) is 9.55 Å². The molecule has 0 radical (unpaired) electrons. The van der Waals surface area contributed by atoms with Crippen molar-refractivity contribution in [2.24, 2.45) is 5.73 Å². The highest BCUT2D eigenvalue weighted by Gasteiger charge is 2.45. The summed E-state index contributed by atoms with van der Waals surface area (Å²) in [4.78, 5) is 30.8. The molecule has 0 saturated carbocycles. The summed E-state index contributed by atoms with van der Waals surface area (Å²) in [6, 6.07) is 3.10. The van der Waals surface area contributed by atoms with Gasteiger partial charge in [0.25, 0.3) is 5.56 Å². The molecule has 2 aromatic heterocycles. The Morgan fingerprint density at radius 1 is 1.31 bits per heavy atom. The second-order valence-corrected chi connectivity index (χ2v) is 10.7. The molecule has 0 amide bonds. The molecule has 0 aliphatic carbocycles. The number of fused-ring (bicyclic) bond motifs is 5. The number of benzene rings is 1. The summed E-state index contributed by atoms with van der Waals surface area (Å²) >= 11 is 1.84. The highest BCUT2D eigenvalue weighted by Crippen LogP contribution is 2.43. The average Bonchev–Trinajstić information content (AvgIpc) is 3.25. The van der Waals surface area contributed by atoms with Gasteiger partial charge in [0.05, 0.1) is 29.0 Å². The SMILES string of the molecule is CC[C@@]1(O)C(=O)OCc2c1cc1n(c2=O)Cc2c-1nc1cc(F)c(C)c(C3=CCSCC3)c1c2CN. The molecule has 7 nitrogen and oxygen atoms in total. The summed E-state index contributed by atoms with van der Waals surface area (Å²) in [5, 5.41) is 11.9. The Bertz CT molecular complexity index is 1580. The van der Waals surface area contributed by atoms with Crippen molar-refractivity contribution >= 4 is 34.2 Å². The zero-order valence-electron chi connectivity index (χ0n) is 20.1. The molecular weight excluding hydrogens is 481 g/mol. The molecule has 3 aliphatic heterocycles. The third-order valence-electron chi connectivity index (χ3n) is 7.78. The number of cyclic esters (lactones) is 1. The van der Waals surface area contributed by atoms with E-state index in [2.05, 4.69) is 6.08 Å². The van der Waals surface area contributed by atoms with Crippen LogP contribution in [0.15, 0.2) is 23.0 Å². The molecule has 0 bridgehead atoms. The van der Waals surface area contributed by atoms with Crippen LogP contribution < -0.4 is 11.3 Å². The molecule has 3 aromatic rings. The normalized spacial score (nSPS) is 20.6. The minimum atomic E-state index is -1.90. The van der Waals surface area contributed by atoms with Crippen molar-refractivity contribution in [1.29, 1.82) is 0 Å². The number of allylic oxidation sites excluding steroid dienone is 1. The van der Waals surface area contributed by atoms with Gasteiger partial charge in [0.15, 0.2) is 5.60 Å². The van der Waals surface area contributed by atoms with Crippen molar-refractivity contribution in [3.8, 4) is 11.4 Å². The molecule has 36 heavy (non-hydrogen) atoms. The fourth-order valence-electron chi connectivity index (χ4n) is 5.78. The summed E-state index contributed by atoms with van der Waals surface area (Å²) in [6.45, 7) is 3.72. The molecule has 0 spiro atoms. The van der Waals surface area contributed by atoms with Crippen molar-refractivity contribution in [3.05, 3.63) is 67.8 Å². The van der Waals surface area contributed by atoms with Gasteiger partial charge < -0.3 is 20.1 Å². The number of rotatable bonds is 3. The van der Waals surface area contributed by atoms with Crippen LogP contribution in [0.4, 0.5) is 4.39 Å². The van der Waals surface area contributed by atoms with E-state index in [1.807, 2.05) is 11.8 Å². The van der Waals surface area contributed by atoms with Crippen LogP contribution >= 0.6 is 11.8 Å². The van der Waals surface area contributed by atoms with Crippen molar-refractivity contribution in [2.45, 2.75) is 52.0 Å². The zero-order chi connectivity index (χ0) is 25.4. The summed E-state index contributed by atoms with van der Waals surface area (Å²) in [5.74, 6) is 0.732. The molecule has 0 unspecified atom stereocenters. The quantitative estimate of drug-likeness (QED) is 0.409. The van der Waals surface area contributed by atoms with E-state index in [9.17, 15) is 14.7 Å².